The van der Waals surface area contributed by atoms with Gasteiger partial charge in [-0.3, -0.25) is 9.69 Å². The number of thiazole rings is 1. The van der Waals surface area contributed by atoms with E-state index in [1.807, 2.05) is 36.7 Å². The Morgan fingerprint density at radius 1 is 1.27 bits per heavy atom. The number of hydrogen-bond donors (Lipinski definition) is 1. The molecule has 0 saturated carbocycles. The molecule has 1 amide bonds. The molecule has 0 radical (unpaired) electrons. The molecule has 1 atom stereocenters. The fourth-order valence-electron chi connectivity index (χ4n) is 3.23. The molecule has 1 fully saturated rings. The summed E-state index contributed by atoms with van der Waals surface area (Å²) in [6.45, 7) is 6.19. The molecular formula is C18H22N4O3S. The van der Waals surface area contributed by atoms with Gasteiger partial charge < -0.3 is 19.7 Å². The number of piperazine rings is 1. The van der Waals surface area contributed by atoms with Crippen LogP contribution in [0.25, 0.3) is 0 Å². The van der Waals surface area contributed by atoms with Crippen LogP contribution in [-0.4, -0.2) is 55.3 Å². The van der Waals surface area contributed by atoms with Crippen LogP contribution in [0.4, 0.5) is 5.13 Å². The summed E-state index contributed by atoms with van der Waals surface area (Å²) in [5.74, 6) is 1.53. The average Bonchev–Trinajstić information content (AvgIpc) is 3.33. The summed E-state index contributed by atoms with van der Waals surface area (Å²) in [7, 11) is 0. The molecule has 0 aliphatic carbocycles. The Morgan fingerprint density at radius 2 is 2.08 bits per heavy atom. The second kappa shape index (κ2) is 7.51. The summed E-state index contributed by atoms with van der Waals surface area (Å²) in [5, 5.41) is 6.13. The molecule has 8 heteroatoms. The van der Waals surface area contributed by atoms with Crippen molar-refractivity contribution in [3.63, 3.8) is 0 Å². The zero-order chi connectivity index (χ0) is 17.9. The summed E-state index contributed by atoms with van der Waals surface area (Å²) in [6, 6.07) is 5.71. The number of fused-ring (bicyclic) bond motifs is 1. The van der Waals surface area contributed by atoms with Gasteiger partial charge >= 0.3 is 0 Å². The van der Waals surface area contributed by atoms with Gasteiger partial charge in [0.15, 0.2) is 16.6 Å². The molecule has 138 valence electrons. The number of carbonyl (C=O) groups excluding carboxylic acids is 1. The number of benzene rings is 1. The lowest BCUT2D eigenvalue weighted by atomic mass is 10.1. The zero-order valence-corrected chi connectivity index (χ0v) is 15.5. The first-order chi connectivity index (χ1) is 12.7. The molecule has 0 bridgehead atoms. The Balaban J connectivity index is 1.26. The molecule has 2 aliphatic rings. The van der Waals surface area contributed by atoms with E-state index in [0.717, 1.165) is 48.4 Å². The van der Waals surface area contributed by atoms with Gasteiger partial charge in [-0.25, -0.2) is 4.98 Å². The first-order valence-electron chi connectivity index (χ1n) is 8.75. The van der Waals surface area contributed by atoms with E-state index in [1.165, 1.54) is 0 Å². The molecule has 2 aromatic rings. The van der Waals surface area contributed by atoms with Crippen LogP contribution in [0.3, 0.4) is 0 Å². The van der Waals surface area contributed by atoms with Crippen LogP contribution >= 0.6 is 11.3 Å². The molecule has 0 spiro atoms. The van der Waals surface area contributed by atoms with E-state index < -0.39 is 0 Å². The number of carbonyl (C=O) groups is 1. The smallest absolute Gasteiger partial charge is 0.234 e. The highest BCUT2D eigenvalue weighted by Gasteiger charge is 2.22. The predicted molar refractivity (Wildman–Crippen MR) is 99.9 cm³/mol. The third kappa shape index (κ3) is 3.76. The number of nitrogens with zero attached hydrogens (tertiary/aromatic N) is 3. The maximum Gasteiger partial charge on any atom is 0.234 e. The number of amides is 1. The van der Waals surface area contributed by atoms with Gasteiger partial charge in [-0.05, 0) is 24.6 Å². The summed E-state index contributed by atoms with van der Waals surface area (Å²) < 4.78 is 10.7. The highest BCUT2D eigenvalue weighted by Crippen LogP contribution is 2.34. The summed E-state index contributed by atoms with van der Waals surface area (Å²) in [4.78, 5) is 21.2. The number of ether oxygens (including phenoxy) is 2. The Labute approximate surface area is 156 Å². The van der Waals surface area contributed by atoms with Crippen molar-refractivity contribution in [3.05, 3.63) is 35.3 Å². The summed E-state index contributed by atoms with van der Waals surface area (Å²) in [5.41, 5.74) is 1.01. The molecule has 1 saturated heterocycles. The SMILES string of the molecule is CC(NC(=O)CN1CCN(c2nccs2)CC1)c1ccc2c(c1)OCO2. The van der Waals surface area contributed by atoms with Crippen LogP contribution in [0.2, 0.25) is 0 Å². The van der Waals surface area contributed by atoms with E-state index in [-0.39, 0.29) is 18.7 Å². The van der Waals surface area contributed by atoms with Crippen molar-refractivity contribution in [3.8, 4) is 11.5 Å². The van der Waals surface area contributed by atoms with E-state index in [0.29, 0.717) is 6.54 Å². The third-order valence-corrected chi connectivity index (χ3v) is 5.54. The van der Waals surface area contributed by atoms with E-state index >= 15 is 0 Å². The van der Waals surface area contributed by atoms with E-state index in [4.69, 9.17) is 9.47 Å². The van der Waals surface area contributed by atoms with Crippen molar-refractivity contribution in [2.75, 3.05) is 44.4 Å². The second-order valence-electron chi connectivity index (χ2n) is 6.48. The number of anilines is 1. The number of aromatic nitrogens is 1. The van der Waals surface area contributed by atoms with Crippen molar-refractivity contribution < 1.29 is 14.3 Å². The maximum atomic E-state index is 12.4. The fraction of sp³-hybridized carbons (Fsp3) is 0.444. The largest absolute Gasteiger partial charge is 0.454 e. The fourth-order valence-corrected chi connectivity index (χ4v) is 3.92. The minimum atomic E-state index is -0.0754. The standard InChI is InChI=1S/C18H22N4O3S/c1-13(14-2-3-15-16(10-14)25-12-24-15)20-17(23)11-21-5-7-22(8-6-21)18-19-4-9-26-18/h2-4,9-10,13H,5-8,11-12H2,1H3,(H,20,23). The third-order valence-electron chi connectivity index (χ3n) is 4.70. The van der Waals surface area contributed by atoms with E-state index in [9.17, 15) is 4.79 Å². The van der Waals surface area contributed by atoms with Gasteiger partial charge in [-0.15, -0.1) is 11.3 Å². The number of rotatable bonds is 5. The van der Waals surface area contributed by atoms with Crippen molar-refractivity contribution in [1.29, 1.82) is 0 Å². The van der Waals surface area contributed by atoms with Crippen LogP contribution in [0.15, 0.2) is 29.8 Å². The van der Waals surface area contributed by atoms with Gasteiger partial charge in [0.1, 0.15) is 0 Å². The molecule has 1 N–H and O–H groups in total. The van der Waals surface area contributed by atoms with Crippen LogP contribution < -0.4 is 19.7 Å². The van der Waals surface area contributed by atoms with Gasteiger partial charge in [0.05, 0.1) is 12.6 Å². The Bertz CT molecular complexity index is 760. The average molecular weight is 374 g/mol. The molecule has 1 aromatic heterocycles. The minimum absolute atomic E-state index is 0.0397. The maximum absolute atomic E-state index is 12.4. The highest BCUT2D eigenvalue weighted by molar-refractivity contribution is 7.13. The van der Waals surface area contributed by atoms with E-state index in [2.05, 4.69) is 20.1 Å². The van der Waals surface area contributed by atoms with Crippen LogP contribution in [0.1, 0.15) is 18.5 Å². The van der Waals surface area contributed by atoms with Crippen molar-refractivity contribution >= 4 is 22.4 Å². The lowest BCUT2D eigenvalue weighted by Gasteiger charge is -2.34. The summed E-state index contributed by atoms with van der Waals surface area (Å²) >= 11 is 1.66. The van der Waals surface area contributed by atoms with Gasteiger partial charge in [0, 0.05) is 37.8 Å². The molecule has 26 heavy (non-hydrogen) atoms. The molecule has 7 nitrogen and oxygen atoms in total. The van der Waals surface area contributed by atoms with Crippen molar-refractivity contribution in [2.24, 2.45) is 0 Å². The Morgan fingerprint density at radius 3 is 2.85 bits per heavy atom. The number of nitrogens with one attached hydrogen (secondary N) is 1. The predicted octanol–water partition coefficient (Wildman–Crippen LogP) is 1.87. The summed E-state index contributed by atoms with van der Waals surface area (Å²) in [6.07, 6.45) is 1.83. The molecule has 4 rings (SSSR count). The minimum Gasteiger partial charge on any atom is -0.454 e. The molecule has 1 aromatic carbocycles. The quantitative estimate of drug-likeness (QED) is 0.862. The molecule has 3 heterocycles. The monoisotopic (exact) mass is 374 g/mol. The Kier molecular flexibility index (Phi) is 4.94. The lowest BCUT2D eigenvalue weighted by molar-refractivity contribution is -0.123. The van der Waals surface area contributed by atoms with Gasteiger partial charge in [-0.2, -0.15) is 0 Å². The van der Waals surface area contributed by atoms with Crippen LogP contribution in [0, 0.1) is 0 Å². The van der Waals surface area contributed by atoms with Gasteiger partial charge in [0.25, 0.3) is 0 Å². The van der Waals surface area contributed by atoms with E-state index in [1.54, 1.807) is 11.3 Å². The van der Waals surface area contributed by atoms with Crippen LogP contribution in [0.5, 0.6) is 11.5 Å². The highest BCUT2D eigenvalue weighted by atomic mass is 32.1. The first kappa shape index (κ1) is 17.1. The Hall–Kier alpha value is -2.32. The molecular weight excluding hydrogens is 352 g/mol. The first-order valence-corrected chi connectivity index (χ1v) is 9.63. The van der Waals surface area contributed by atoms with Crippen LogP contribution in [-0.2, 0) is 4.79 Å². The normalized spacial score (nSPS) is 18.0. The van der Waals surface area contributed by atoms with Crippen molar-refractivity contribution in [1.82, 2.24) is 15.2 Å². The lowest BCUT2D eigenvalue weighted by Crippen LogP contribution is -2.49. The van der Waals surface area contributed by atoms with Gasteiger partial charge in [0.2, 0.25) is 12.7 Å². The number of hydrogen-bond acceptors (Lipinski definition) is 7. The zero-order valence-electron chi connectivity index (χ0n) is 14.7. The molecule has 1 unspecified atom stereocenters. The van der Waals surface area contributed by atoms with Crippen molar-refractivity contribution in [2.45, 2.75) is 13.0 Å². The molecule has 2 aliphatic heterocycles. The second-order valence-corrected chi connectivity index (χ2v) is 7.35. The van der Waals surface area contributed by atoms with Gasteiger partial charge in [-0.1, -0.05) is 6.07 Å². The topological polar surface area (TPSA) is 66.9 Å².